The van der Waals surface area contributed by atoms with Gasteiger partial charge in [-0.2, -0.15) is 0 Å². The van der Waals surface area contributed by atoms with Crippen molar-refractivity contribution in [1.29, 1.82) is 0 Å². The third-order valence-corrected chi connectivity index (χ3v) is 4.44. The molecule has 0 aliphatic carbocycles. The Balaban J connectivity index is 2.93. The number of nitrogens with two attached hydrogens (primary N) is 1. The van der Waals surface area contributed by atoms with E-state index in [9.17, 15) is 0 Å². The molecule has 3 atom stereocenters. The average molecular weight is 284 g/mol. The van der Waals surface area contributed by atoms with Gasteiger partial charge in [0, 0.05) is 18.5 Å². The molecule has 0 saturated heterocycles. The van der Waals surface area contributed by atoms with Crippen LogP contribution in [0.15, 0.2) is 21.2 Å². The average Bonchev–Trinajstić information content (AvgIpc) is 2.50. The molecule has 0 saturated carbocycles. The number of hydrogen-bond acceptors (Lipinski definition) is 3. The van der Waals surface area contributed by atoms with Crippen LogP contribution in [0.2, 0.25) is 0 Å². The van der Waals surface area contributed by atoms with E-state index in [1.165, 1.54) is 0 Å². The quantitative estimate of drug-likeness (QED) is 0.834. The normalized spacial score (nSPS) is 25.8. The first-order valence-electron chi connectivity index (χ1n) is 7.12. The number of rotatable bonds is 4. The molecule has 0 aromatic carbocycles. The van der Waals surface area contributed by atoms with Gasteiger partial charge in [0.25, 0.3) is 0 Å². The molecular weight excluding hydrogens is 258 g/mol. The molecule has 4 heteroatoms. The van der Waals surface area contributed by atoms with Crippen molar-refractivity contribution in [2.24, 2.45) is 33.5 Å². The van der Waals surface area contributed by atoms with E-state index in [4.69, 9.17) is 22.3 Å². The second-order valence-corrected chi connectivity index (χ2v) is 6.17. The molecule has 1 aliphatic heterocycles. The van der Waals surface area contributed by atoms with Gasteiger partial charge in [-0.05, 0) is 25.2 Å². The molecule has 108 valence electrons. The molecule has 0 spiro atoms. The number of allylic oxidation sites excluding steroid dienone is 1. The minimum atomic E-state index is 0.243. The second kappa shape index (κ2) is 7.09. The lowest BCUT2D eigenvalue weighted by Crippen LogP contribution is -2.25. The van der Waals surface area contributed by atoms with Gasteiger partial charge in [-0.3, -0.25) is 4.99 Å². The lowest BCUT2D eigenvalue weighted by Gasteiger charge is -2.22. The zero-order valence-electron chi connectivity index (χ0n) is 12.7. The molecule has 0 fully saturated rings. The van der Waals surface area contributed by atoms with Gasteiger partial charge in [0.05, 0.1) is 16.8 Å². The van der Waals surface area contributed by atoms with Crippen LogP contribution in [0.4, 0.5) is 0 Å². The monoisotopic (exact) mass is 283 g/mol. The maximum Gasteiger partial charge on any atom is 0.102 e. The summed E-state index contributed by atoms with van der Waals surface area (Å²) in [5.41, 5.74) is 6.89. The molecule has 0 aromatic heterocycles. The summed E-state index contributed by atoms with van der Waals surface area (Å²) in [4.78, 5) is 9.03. The van der Waals surface area contributed by atoms with Crippen LogP contribution in [-0.4, -0.2) is 17.6 Å². The molecule has 0 radical (unpaired) electrons. The van der Waals surface area contributed by atoms with E-state index in [0.29, 0.717) is 22.7 Å². The molecule has 0 amide bonds. The maximum absolute atomic E-state index is 6.27. The van der Waals surface area contributed by atoms with Crippen molar-refractivity contribution in [3.05, 3.63) is 11.2 Å². The third kappa shape index (κ3) is 4.34. The van der Waals surface area contributed by atoms with Crippen LogP contribution in [0.25, 0.3) is 0 Å². The van der Waals surface area contributed by atoms with Gasteiger partial charge in [-0.25, -0.2) is 4.99 Å². The Morgan fingerprint density at radius 2 is 2.05 bits per heavy atom. The van der Waals surface area contributed by atoms with Crippen LogP contribution in [0, 0.1) is 17.8 Å². The van der Waals surface area contributed by atoms with E-state index in [-0.39, 0.29) is 12.0 Å². The Bertz CT molecular complexity index is 396. The van der Waals surface area contributed by atoms with E-state index < -0.39 is 0 Å². The molecule has 3 unspecified atom stereocenters. The maximum atomic E-state index is 6.27. The van der Waals surface area contributed by atoms with Gasteiger partial charge in [0.15, 0.2) is 0 Å². The van der Waals surface area contributed by atoms with E-state index in [1.54, 1.807) is 6.20 Å². The van der Waals surface area contributed by atoms with Gasteiger partial charge < -0.3 is 5.73 Å². The lowest BCUT2D eigenvalue weighted by molar-refractivity contribution is 0.363. The van der Waals surface area contributed by atoms with E-state index in [0.717, 1.165) is 18.6 Å². The van der Waals surface area contributed by atoms with Gasteiger partial charge in [0.2, 0.25) is 0 Å². The molecular formula is C15H26ClN3. The Hall–Kier alpha value is -0.830. The SMILES string of the molecule is CCC1CC(=NC(C)C(C)C(C)C)C(Cl)=CN=C1N. The highest BCUT2D eigenvalue weighted by Gasteiger charge is 2.22. The minimum Gasteiger partial charge on any atom is -0.387 e. The Labute approximate surface area is 122 Å². The van der Waals surface area contributed by atoms with Gasteiger partial charge in [0.1, 0.15) is 5.84 Å². The van der Waals surface area contributed by atoms with Crippen LogP contribution in [0.5, 0.6) is 0 Å². The van der Waals surface area contributed by atoms with E-state index >= 15 is 0 Å². The highest BCUT2D eigenvalue weighted by molar-refractivity contribution is 6.43. The first kappa shape index (κ1) is 16.2. The minimum absolute atomic E-state index is 0.243. The molecule has 19 heavy (non-hydrogen) atoms. The summed E-state index contributed by atoms with van der Waals surface area (Å²) in [6.45, 7) is 10.9. The first-order chi connectivity index (χ1) is 8.86. The zero-order valence-corrected chi connectivity index (χ0v) is 13.4. The summed E-state index contributed by atoms with van der Waals surface area (Å²) in [6.07, 6.45) is 3.38. The highest BCUT2D eigenvalue weighted by Crippen LogP contribution is 2.23. The van der Waals surface area contributed by atoms with Crippen LogP contribution >= 0.6 is 11.6 Å². The Morgan fingerprint density at radius 1 is 1.42 bits per heavy atom. The summed E-state index contributed by atoms with van der Waals surface area (Å²) >= 11 is 6.27. The molecule has 0 bridgehead atoms. The summed E-state index contributed by atoms with van der Waals surface area (Å²) in [7, 11) is 0. The van der Waals surface area contributed by atoms with Crippen molar-refractivity contribution in [3.63, 3.8) is 0 Å². The fourth-order valence-electron chi connectivity index (χ4n) is 2.13. The Morgan fingerprint density at radius 3 is 2.58 bits per heavy atom. The number of hydrogen-bond donors (Lipinski definition) is 1. The second-order valence-electron chi connectivity index (χ2n) is 5.76. The topological polar surface area (TPSA) is 50.7 Å². The largest absolute Gasteiger partial charge is 0.387 e. The zero-order chi connectivity index (χ0) is 14.6. The van der Waals surface area contributed by atoms with Crippen LogP contribution in [-0.2, 0) is 0 Å². The van der Waals surface area contributed by atoms with Crippen LogP contribution in [0.3, 0.4) is 0 Å². The molecule has 3 nitrogen and oxygen atoms in total. The molecule has 1 rings (SSSR count). The summed E-state index contributed by atoms with van der Waals surface area (Å²) in [5, 5.41) is 0.627. The number of halogens is 1. The summed E-state index contributed by atoms with van der Waals surface area (Å²) < 4.78 is 0. The number of aliphatic imine (C=N–C) groups is 2. The standard InChI is InChI=1S/C15H26ClN3/c1-6-12-7-14(13(16)8-18-15(12)17)19-11(5)10(4)9(2)3/h8-12H,6-7H2,1-5H3,(H2,17,18). The first-order valence-corrected chi connectivity index (χ1v) is 7.50. The molecule has 2 N–H and O–H groups in total. The van der Waals surface area contributed by atoms with Crippen molar-refractivity contribution in [2.75, 3.05) is 0 Å². The van der Waals surface area contributed by atoms with Crippen LogP contribution < -0.4 is 5.73 Å². The number of amidine groups is 1. The fraction of sp³-hybridized carbons (Fsp3) is 0.733. The molecule has 1 aliphatic rings. The van der Waals surface area contributed by atoms with Crippen LogP contribution in [0.1, 0.15) is 47.5 Å². The van der Waals surface area contributed by atoms with E-state index in [2.05, 4.69) is 39.6 Å². The van der Waals surface area contributed by atoms with Gasteiger partial charge >= 0.3 is 0 Å². The smallest absolute Gasteiger partial charge is 0.102 e. The van der Waals surface area contributed by atoms with Crippen molar-refractivity contribution in [1.82, 2.24) is 0 Å². The van der Waals surface area contributed by atoms with Crippen molar-refractivity contribution >= 4 is 23.1 Å². The van der Waals surface area contributed by atoms with Gasteiger partial charge in [-0.1, -0.05) is 39.3 Å². The van der Waals surface area contributed by atoms with Crippen molar-refractivity contribution < 1.29 is 0 Å². The predicted octanol–water partition coefficient (Wildman–Crippen LogP) is 3.98. The summed E-state index contributed by atoms with van der Waals surface area (Å²) in [6, 6.07) is 0.258. The lowest BCUT2D eigenvalue weighted by atomic mass is 9.91. The fourth-order valence-corrected chi connectivity index (χ4v) is 2.31. The van der Waals surface area contributed by atoms with Gasteiger partial charge in [-0.15, -0.1) is 0 Å². The van der Waals surface area contributed by atoms with E-state index in [1.807, 2.05) is 0 Å². The summed E-state index contributed by atoms with van der Waals surface area (Å²) in [5.74, 6) is 2.04. The number of nitrogens with zero attached hydrogens (tertiary/aromatic N) is 2. The van der Waals surface area contributed by atoms with Crippen molar-refractivity contribution in [2.45, 2.75) is 53.5 Å². The molecule has 1 heterocycles. The Kier molecular flexibility index (Phi) is 6.05. The predicted molar refractivity (Wildman–Crippen MR) is 84.9 cm³/mol. The third-order valence-electron chi connectivity index (χ3n) is 4.13. The van der Waals surface area contributed by atoms with Crippen molar-refractivity contribution in [3.8, 4) is 0 Å². The molecule has 0 aromatic rings. The highest BCUT2D eigenvalue weighted by atomic mass is 35.5.